The van der Waals surface area contributed by atoms with E-state index in [-0.39, 0.29) is 22.3 Å². The van der Waals surface area contributed by atoms with Crippen LogP contribution in [0, 0.1) is 0 Å². The van der Waals surface area contributed by atoms with Gasteiger partial charge >= 0.3 is 5.97 Å². The summed E-state index contributed by atoms with van der Waals surface area (Å²) in [6.45, 7) is 0. The lowest BCUT2D eigenvalue weighted by Crippen LogP contribution is -2.38. The van der Waals surface area contributed by atoms with Crippen LogP contribution < -0.4 is 4.74 Å². The Balaban J connectivity index is 2.45. The number of hydrogen-bond acceptors (Lipinski definition) is 5. The maximum atomic E-state index is 12.8. The standard InChI is InChI=1S/C14H19NO6S/c1-20-12-9-10(14(16)17)7-8-13(12)22(18,19)15(21-2)11-5-3-4-6-11/h7-9,11H,3-6H2,1-2H3,(H,16,17). The number of carbonyl (C=O) groups is 1. The highest BCUT2D eigenvalue weighted by Crippen LogP contribution is 2.33. The van der Waals surface area contributed by atoms with E-state index in [1.807, 2.05) is 0 Å². The summed E-state index contributed by atoms with van der Waals surface area (Å²) in [5, 5.41) is 8.99. The molecule has 8 heteroatoms. The minimum absolute atomic E-state index is 0.0139. The molecule has 1 aliphatic rings. The molecule has 0 bridgehead atoms. The van der Waals surface area contributed by atoms with Gasteiger partial charge < -0.3 is 9.84 Å². The van der Waals surface area contributed by atoms with Gasteiger partial charge in [-0.2, -0.15) is 0 Å². The third-order valence-corrected chi connectivity index (χ3v) is 5.54. The third-order valence-electron chi connectivity index (χ3n) is 3.73. The lowest BCUT2D eigenvalue weighted by molar-refractivity contribution is -0.0787. The van der Waals surface area contributed by atoms with Crippen LogP contribution >= 0.6 is 0 Å². The fourth-order valence-electron chi connectivity index (χ4n) is 2.67. The molecule has 1 saturated carbocycles. The fourth-order valence-corrected chi connectivity index (χ4v) is 4.30. The number of benzene rings is 1. The van der Waals surface area contributed by atoms with Gasteiger partial charge in [0.05, 0.1) is 25.8 Å². The van der Waals surface area contributed by atoms with E-state index in [2.05, 4.69) is 0 Å². The largest absolute Gasteiger partial charge is 0.495 e. The normalized spacial score (nSPS) is 16.1. The molecule has 0 spiro atoms. The molecule has 2 rings (SSSR count). The third kappa shape index (κ3) is 3.08. The second-order valence-electron chi connectivity index (χ2n) is 5.05. The van der Waals surface area contributed by atoms with Crippen LogP contribution in [-0.4, -0.2) is 44.2 Å². The van der Waals surface area contributed by atoms with Gasteiger partial charge in [0.2, 0.25) is 0 Å². The van der Waals surface area contributed by atoms with Crippen LogP contribution in [-0.2, 0) is 14.9 Å². The zero-order chi connectivity index (χ0) is 16.3. The number of aromatic carboxylic acids is 1. The maximum Gasteiger partial charge on any atom is 0.335 e. The predicted octanol–water partition coefficient (Wildman–Crippen LogP) is 1.89. The summed E-state index contributed by atoms with van der Waals surface area (Å²) in [7, 11) is -1.31. The molecule has 0 heterocycles. The Hall–Kier alpha value is -1.64. The average Bonchev–Trinajstić information content (AvgIpc) is 3.00. The molecule has 1 fully saturated rings. The first kappa shape index (κ1) is 16.7. The fraction of sp³-hybridized carbons (Fsp3) is 0.500. The predicted molar refractivity (Wildman–Crippen MR) is 78.2 cm³/mol. The molecule has 1 N–H and O–H groups in total. The maximum absolute atomic E-state index is 12.8. The van der Waals surface area contributed by atoms with Gasteiger partial charge in [0.15, 0.2) is 0 Å². The van der Waals surface area contributed by atoms with E-state index in [0.717, 1.165) is 30.2 Å². The number of hydroxylamine groups is 1. The van der Waals surface area contributed by atoms with Crippen molar-refractivity contribution < 1.29 is 27.9 Å². The van der Waals surface area contributed by atoms with Crippen LogP contribution in [0.15, 0.2) is 23.1 Å². The second kappa shape index (κ2) is 6.64. The van der Waals surface area contributed by atoms with Crippen molar-refractivity contribution in [2.45, 2.75) is 36.6 Å². The van der Waals surface area contributed by atoms with Crippen molar-refractivity contribution in [3.63, 3.8) is 0 Å². The van der Waals surface area contributed by atoms with Gasteiger partial charge in [-0.15, -0.1) is 0 Å². The van der Waals surface area contributed by atoms with Crippen LogP contribution in [0.3, 0.4) is 0 Å². The number of rotatable bonds is 6. The molecule has 0 radical (unpaired) electrons. The molecule has 122 valence electrons. The Morgan fingerprint density at radius 1 is 1.27 bits per heavy atom. The summed E-state index contributed by atoms with van der Waals surface area (Å²) < 4.78 is 31.6. The highest BCUT2D eigenvalue weighted by atomic mass is 32.2. The van der Waals surface area contributed by atoms with Crippen molar-refractivity contribution in [1.82, 2.24) is 4.47 Å². The van der Waals surface area contributed by atoms with Gasteiger partial charge in [-0.1, -0.05) is 17.3 Å². The number of methoxy groups -OCH3 is 1. The lowest BCUT2D eigenvalue weighted by Gasteiger charge is -2.26. The lowest BCUT2D eigenvalue weighted by atomic mass is 10.2. The quantitative estimate of drug-likeness (QED) is 0.801. The first-order chi connectivity index (χ1) is 10.4. The van der Waals surface area contributed by atoms with E-state index >= 15 is 0 Å². The van der Waals surface area contributed by atoms with E-state index < -0.39 is 16.0 Å². The van der Waals surface area contributed by atoms with Crippen molar-refractivity contribution >= 4 is 16.0 Å². The zero-order valence-corrected chi connectivity index (χ0v) is 13.3. The number of ether oxygens (including phenoxy) is 1. The van der Waals surface area contributed by atoms with Crippen LogP contribution in [0.2, 0.25) is 0 Å². The monoisotopic (exact) mass is 329 g/mol. The van der Waals surface area contributed by atoms with Crippen molar-refractivity contribution in [3.05, 3.63) is 23.8 Å². The molecular formula is C14H19NO6S. The van der Waals surface area contributed by atoms with E-state index in [0.29, 0.717) is 0 Å². The number of hydrogen-bond donors (Lipinski definition) is 1. The smallest absolute Gasteiger partial charge is 0.335 e. The molecule has 1 aliphatic carbocycles. The number of sulfonamides is 1. The molecule has 7 nitrogen and oxygen atoms in total. The number of carboxylic acid groups (broad SMARTS) is 1. The van der Waals surface area contributed by atoms with Gasteiger partial charge in [-0.05, 0) is 31.0 Å². The molecule has 0 aliphatic heterocycles. The molecule has 0 amide bonds. The molecule has 0 aromatic heterocycles. The zero-order valence-electron chi connectivity index (χ0n) is 12.5. The minimum Gasteiger partial charge on any atom is -0.495 e. The van der Waals surface area contributed by atoms with Crippen LogP contribution in [0.25, 0.3) is 0 Å². The molecule has 0 unspecified atom stereocenters. The van der Waals surface area contributed by atoms with Crippen LogP contribution in [0.5, 0.6) is 5.75 Å². The molecule has 1 aromatic carbocycles. The van der Waals surface area contributed by atoms with Gasteiger partial charge in [0.1, 0.15) is 10.6 Å². The Kier molecular flexibility index (Phi) is 5.05. The van der Waals surface area contributed by atoms with Gasteiger partial charge in [-0.25, -0.2) is 13.2 Å². The van der Waals surface area contributed by atoms with Gasteiger partial charge in [0, 0.05) is 0 Å². The second-order valence-corrected chi connectivity index (χ2v) is 6.80. The Labute approximate surface area is 129 Å². The van der Waals surface area contributed by atoms with E-state index in [1.54, 1.807) is 0 Å². The van der Waals surface area contributed by atoms with E-state index in [1.165, 1.54) is 32.4 Å². The summed E-state index contributed by atoms with van der Waals surface area (Å²) in [6.07, 6.45) is 3.38. The van der Waals surface area contributed by atoms with Crippen LogP contribution in [0.4, 0.5) is 0 Å². The topological polar surface area (TPSA) is 93.1 Å². The Morgan fingerprint density at radius 3 is 2.41 bits per heavy atom. The highest BCUT2D eigenvalue weighted by Gasteiger charge is 2.35. The Morgan fingerprint density at radius 2 is 1.91 bits per heavy atom. The summed E-state index contributed by atoms with van der Waals surface area (Å²) in [6, 6.07) is 3.45. The molecule has 22 heavy (non-hydrogen) atoms. The Bertz CT molecular complexity index is 651. The first-order valence-electron chi connectivity index (χ1n) is 6.91. The van der Waals surface area contributed by atoms with E-state index in [4.69, 9.17) is 14.7 Å². The van der Waals surface area contributed by atoms with Gasteiger partial charge in [0.25, 0.3) is 10.0 Å². The minimum atomic E-state index is -3.93. The van der Waals surface area contributed by atoms with Crippen molar-refractivity contribution in [2.24, 2.45) is 0 Å². The van der Waals surface area contributed by atoms with Crippen molar-refractivity contribution in [2.75, 3.05) is 14.2 Å². The van der Waals surface area contributed by atoms with Crippen molar-refractivity contribution in [3.8, 4) is 5.75 Å². The van der Waals surface area contributed by atoms with E-state index in [9.17, 15) is 13.2 Å². The van der Waals surface area contributed by atoms with Crippen LogP contribution in [0.1, 0.15) is 36.0 Å². The summed E-state index contributed by atoms with van der Waals surface area (Å²) in [5.74, 6) is -1.17. The summed E-state index contributed by atoms with van der Waals surface area (Å²) in [4.78, 5) is 16.0. The summed E-state index contributed by atoms with van der Waals surface area (Å²) >= 11 is 0. The first-order valence-corrected chi connectivity index (χ1v) is 8.35. The van der Waals surface area contributed by atoms with Crippen molar-refractivity contribution in [1.29, 1.82) is 0 Å². The molecule has 1 aromatic rings. The molecule has 0 atom stereocenters. The summed E-state index contributed by atoms with van der Waals surface area (Å²) in [5.41, 5.74) is -0.0411. The molecular weight excluding hydrogens is 310 g/mol. The van der Waals surface area contributed by atoms with Gasteiger partial charge in [-0.3, -0.25) is 4.84 Å². The number of carboxylic acids is 1. The SMILES string of the molecule is COc1cc(C(=O)O)ccc1S(=O)(=O)N(OC)C1CCCC1. The average molecular weight is 329 g/mol. The number of nitrogens with zero attached hydrogens (tertiary/aromatic N) is 1. The highest BCUT2D eigenvalue weighted by molar-refractivity contribution is 7.89. The molecule has 0 saturated heterocycles.